The zero-order chi connectivity index (χ0) is 9.97. The molecule has 2 aliphatic heterocycles. The van der Waals surface area contributed by atoms with Crippen LogP contribution in [0, 0.1) is 5.92 Å². The van der Waals surface area contributed by atoms with E-state index < -0.39 is 0 Å². The molecule has 0 aromatic heterocycles. The molecule has 1 fully saturated rings. The van der Waals surface area contributed by atoms with Crippen molar-refractivity contribution in [3.8, 4) is 0 Å². The highest BCUT2D eigenvalue weighted by Crippen LogP contribution is 2.23. The van der Waals surface area contributed by atoms with Crippen LogP contribution in [0.2, 0.25) is 0 Å². The predicted molar refractivity (Wildman–Crippen MR) is 57.4 cm³/mol. The van der Waals surface area contributed by atoms with Crippen molar-refractivity contribution < 1.29 is 0 Å². The Morgan fingerprint density at radius 2 is 2.29 bits per heavy atom. The summed E-state index contributed by atoms with van der Waals surface area (Å²) in [7, 11) is 0. The van der Waals surface area contributed by atoms with Crippen LogP contribution in [0.3, 0.4) is 0 Å². The average Bonchev–Trinajstić information content (AvgIpc) is 2.61. The van der Waals surface area contributed by atoms with Crippen molar-refractivity contribution in [2.75, 3.05) is 19.6 Å². The molecule has 0 amide bonds. The zero-order valence-electron chi connectivity index (χ0n) is 8.52. The van der Waals surface area contributed by atoms with Crippen molar-refractivity contribution in [3.63, 3.8) is 0 Å². The first-order chi connectivity index (χ1) is 6.83. The number of rotatable bonds is 2. The van der Waals surface area contributed by atoms with E-state index in [4.69, 9.17) is 11.5 Å². The average molecular weight is 196 g/mol. The van der Waals surface area contributed by atoms with Crippen molar-refractivity contribution in [2.45, 2.75) is 25.2 Å². The molecule has 5 N–H and O–H groups in total. The third-order valence-corrected chi connectivity index (χ3v) is 3.32. The minimum Gasteiger partial charge on any atom is -0.330 e. The summed E-state index contributed by atoms with van der Waals surface area (Å²) in [6, 6.07) is 0. The van der Waals surface area contributed by atoms with Crippen LogP contribution in [-0.2, 0) is 0 Å². The van der Waals surface area contributed by atoms with Gasteiger partial charge in [0.25, 0.3) is 0 Å². The molecular weight excluding hydrogens is 176 g/mol. The molecule has 14 heavy (non-hydrogen) atoms. The highest BCUT2D eigenvalue weighted by atomic mass is 15.3. The monoisotopic (exact) mass is 196 g/mol. The second kappa shape index (κ2) is 4.40. The first-order valence-corrected chi connectivity index (χ1v) is 5.42. The summed E-state index contributed by atoms with van der Waals surface area (Å²) < 4.78 is 0. The lowest BCUT2D eigenvalue weighted by Gasteiger charge is -2.33. The molecule has 2 aliphatic rings. The van der Waals surface area contributed by atoms with Gasteiger partial charge in [-0.2, -0.15) is 0 Å². The Labute approximate surface area is 85.3 Å². The fourth-order valence-corrected chi connectivity index (χ4v) is 2.37. The minimum absolute atomic E-state index is 0.143. The van der Waals surface area contributed by atoms with Crippen LogP contribution in [0.1, 0.15) is 12.8 Å². The van der Waals surface area contributed by atoms with E-state index >= 15 is 0 Å². The molecule has 2 heterocycles. The van der Waals surface area contributed by atoms with E-state index in [1.54, 1.807) is 0 Å². The molecule has 0 bridgehead atoms. The van der Waals surface area contributed by atoms with Gasteiger partial charge >= 0.3 is 0 Å². The van der Waals surface area contributed by atoms with E-state index in [2.05, 4.69) is 22.4 Å². The topological polar surface area (TPSA) is 67.3 Å². The highest BCUT2D eigenvalue weighted by Gasteiger charge is 2.34. The molecule has 0 radical (unpaired) electrons. The fraction of sp³-hybridized carbons (Fsp3) is 0.800. The van der Waals surface area contributed by atoms with Gasteiger partial charge in [0.2, 0.25) is 0 Å². The van der Waals surface area contributed by atoms with Crippen LogP contribution in [-0.4, -0.2) is 36.9 Å². The largest absolute Gasteiger partial charge is 0.330 e. The van der Waals surface area contributed by atoms with Gasteiger partial charge in [-0.05, 0) is 19.4 Å². The Bertz CT molecular complexity index is 216. The van der Waals surface area contributed by atoms with E-state index in [1.807, 2.05) is 0 Å². The van der Waals surface area contributed by atoms with Gasteiger partial charge in [0, 0.05) is 19.0 Å². The first-order valence-electron chi connectivity index (χ1n) is 5.42. The minimum atomic E-state index is 0.143. The molecule has 0 aliphatic carbocycles. The molecule has 4 heteroatoms. The number of hydrogen-bond donors (Lipinski definition) is 3. The maximum atomic E-state index is 6.15. The van der Waals surface area contributed by atoms with Crippen LogP contribution in [0.4, 0.5) is 0 Å². The van der Waals surface area contributed by atoms with Gasteiger partial charge in [-0.25, -0.2) is 0 Å². The van der Waals surface area contributed by atoms with E-state index in [0.717, 1.165) is 25.9 Å². The second-order valence-corrected chi connectivity index (χ2v) is 4.14. The van der Waals surface area contributed by atoms with Crippen LogP contribution in [0.25, 0.3) is 0 Å². The van der Waals surface area contributed by atoms with Crippen LogP contribution in [0.5, 0.6) is 0 Å². The Kier molecular flexibility index (Phi) is 3.18. The SMILES string of the molecule is NCC1CCN(C2CC=CCN2)C1N. The van der Waals surface area contributed by atoms with E-state index in [1.165, 1.54) is 0 Å². The lowest BCUT2D eigenvalue weighted by atomic mass is 10.1. The Morgan fingerprint density at radius 1 is 1.43 bits per heavy atom. The lowest BCUT2D eigenvalue weighted by molar-refractivity contribution is 0.139. The van der Waals surface area contributed by atoms with Crippen LogP contribution < -0.4 is 16.8 Å². The maximum absolute atomic E-state index is 6.15. The third kappa shape index (κ3) is 1.83. The predicted octanol–water partition coefficient (Wildman–Crippen LogP) is -0.573. The van der Waals surface area contributed by atoms with Gasteiger partial charge in [0.1, 0.15) is 0 Å². The van der Waals surface area contributed by atoms with Gasteiger partial charge in [-0.15, -0.1) is 0 Å². The van der Waals surface area contributed by atoms with Crippen molar-refractivity contribution in [1.29, 1.82) is 0 Å². The Hall–Kier alpha value is -0.420. The summed E-state index contributed by atoms with van der Waals surface area (Å²) in [5.41, 5.74) is 11.8. The molecular formula is C10H20N4. The summed E-state index contributed by atoms with van der Waals surface area (Å²) in [5, 5.41) is 3.45. The standard InChI is InChI=1S/C10H20N4/c11-7-8-4-6-14(10(8)12)9-3-1-2-5-13-9/h1-2,8-10,13H,3-7,11-12H2. The summed E-state index contributed by atoms with van der Waals surface area (Å²) >= 11 is 0. The Balaban J connectivity index is 1.95. The molecule has 0 spiro atoms. The van der Waals surface area contributed by atoms with E-state index in [-0.39, 0.29) is 6.17 Å². The highest BCUT2D eigenvalue weighted by molar-refractivity contribution is 4.97. The molecule has 0 aromatic rings. The molecule has 2 rings (SSSR count). The van der Waals surface area contributed by atoms with Gasteiger partial charge in [-0.3, -0.25) is 10.2 Å². The third-order valence-electron chi connectivity index (χ3n) is 3.32. The van der Waals surface area contributed by atoms with Gasteiger partial charge < -0.3 is 11.5 Å². The van der Waals surface area contributed by atoms with Gasteiger partial charge in [0.15, 0.2) is 0 Å². The number of nitrogens with one attached hydrogen (secondary N) is 1. The smallest absolute Gasteiger partial charge is 0.0648 e. The molecule has 3 unspecified atom stereocenters. The quantitative estimate of drug-likeness (QED) is 0.517. The molecule has 0 aromatic carbocycles. The molecule has 3 atom stereocenters. The van der Waals surface area contributed by atoms with Crippen molar-refractivity contribution in [3.05, 3.63) is 12.2 Å². The molecule has 0 saturated carbocycles. The van der Waals surface area contributed by atoms with Crippen LogP contribution in [0.15, 0.2) is 12.2 Å². The lowest BCUT2D eigenvalue weighted by Crippen LogP contribution is -2.53. The van der Waals surface area contributed by atoms with Gasteiger partial charge in [-0.1, -0.05) is 12.2 Å². The number of hydrogen-bond acceptors (Lipinski definition) is 4. The second-order valence-electron chi connectivity index (χ2n) is 4.14. The molecule has 80 valence electrons. The number of nitrogens with zero attached hydrogens (tertiary/aromatic N) is 1. The normalized spacial score (nSPS) is 39.1. The number of likely N-dealkylation sites (tertiary alicyclic amines) is 1. The van der Waals surface area contributed by atoms with E-state index in [0.29, 0.717) is 18.6 Å². The first kappa shape index (κ1) is 10.1. The number of nitrogens with two attached hydrogens (primary N) is 2. The summed E-state index contributed by atoms with van der Waals surface area (Å²) in [6.45, 7) is 2.75. The summed E-state index contributed by atoms with van der Waals surface area (Å²) in [4.78, 5) is 2.35. The maximum Gasteiger partial charge on any atom is 0.0648 e. The van der Waals surface area contributed by atoms with Gasteiger partial charge in [0.05, 0.1) is 12.3 Å². The summed E-state index contributed by atoms with van der Waals surface area (Å²) in [6.07, 6.45) is 7.16. The van der Waals surface area contributed by atoms with E-state index in [9.17, 15) is 0 Å². The van der Waals surface area contributed by atoms with Crippen molar-refractivity contribution >= 4 is 0 Å². The van der Waals surface area contributed by atoms with Crippen molar-refractivity contribution in [1.82, 2.24) is 10.2 Å². The summed E-state index contributed by atoms with van der Waals surface area (Å²) in [5.74, 6) is 0.475. The van der Waals surface area contributed by atoms with Crippen molar-refractivity contribution in [2.24, 2.45) is 17.4 Å². The fourth-order valence-electron chi connectivity index (χ4n) is 2.37. The Morgan fingerprint density at radius 3 is 2.86 bits per heavy atom. The van der Waals surface area contributed by atoms with Crippen LogP contribution >= 0.6 is 0 Å². The molecule has 4 nitrogen and oxygen atoms in total. The molecule has 1 saturated heterocycles. The zero-order valence-corrected chi connectivity index (χ0v) is 8.52.